The number of aromatic nitrogens is 1. The second-order valence-electron chi connectivity index (χ2n) is 4.75. The largest absolute Gasteiger partial charge is 0.478 e. The zero-order chi connectivity index (χ0) is 15.5. The summed E-state index contributed by atoms with van der Waals surface area (Å²) in [4.78, 5) is 27.2. The van der Waals surface area contributed by atoms with Gasteiger partial charge in [-0.05, 0) is 48.5 Å². The lowest BCUT2D eigenvalue weighted by Crippen LogP contribution is -2.12. The molecule has 0 atom stereocenters. The molecule has 2 aromatic carbocycles. The van der Waals surface area contributed by atoms with Crippen molar-refractivity contribution in [2.45, 2.75) is 0 Å². The van der Waals surface area contributed by atoms with Gasteiger partial charge in [-0.25, -0.2) is 4.79 Å². The highest BCUT2D eigenvalue weighted by Gasteiger charge is 2.08. The van der Waals surface area contributed by atoms with Crippen LogP contribution in [0.25, 0.3) is 10.9 Å². The van der Waals surface area contributed by atoms with Gasteiger partial charge in [-0.1, -0.05) is 6.07 Å². The highest BCUT2D eigenvalue weighted by atomic mass is 16.4. The van der Waals surface area contributed by atoms with Gasteiger partial charge < -0.3 is 10.4 Å². The van der Waals surface area contributed by atoms with Crippen molar-refractivity contribution in [3.05, 3.63) is 71.9 Å². The highest BCUT2D eigenvalue weighted by molar-refractivity contribution is 6.06. The minimum absolute atomic E-state index is 0.176. The molecule has 0 radical (unpaired) electrons. The third-order valence-electron chi connectivity index (χ3n) is 3.25. The Balaban J connectivity index is 1.81. The van der Waals surface area contributed by atoms with Gasteiger partial charge in [0.15, 0.2) is 0 Å². The van der Waals surface area contributed by atoms with Gasteiger partial charge in [-0.15, -0.1) is 0 Å². The Hall–Kier alpha value is -3.21. The number of aromatic carboxylic acids is 1. The number of fused-ring (bicyclic) bond motifs is 1. The Morgan fingerprint density at radius 1 is 0.955 bits per heavy atom. The van der Waals surface area contributed by atoms with E-state index in [1.807, 2.05) is 12.1 Å². The SMILES string of the molecule is O=C(O)c1ccc(NC(=O)c2ccc3ncccc3c2)cc1. The Morgan fingerprint density at radius 3 is 2.41 bits per heavy atom. The predicted octanol–water partition coefficient (Wildman–Crippen LogP) is 3.19. The fourth-order valence-corrected chi connectivity index (χ4v) is 2.12. The van der Waals surface area contributed by atoms with Crippen LogP contribution < -0.4 is 5.32 Å². The number of rotatable bonds is 3. The van der Waals surface area contributed by atoms with E-state index in [1.54, 1.807) is 36.5 Å². The lowest BCUT2D eigenvalue weighted by molar-refractivity contribution is 0.0696. The number of anilines is 1. The van der Waals surface area contributed by atoms with E-state index in [-0.39, 0.29) is 11.5 Å². The van der Waals surface area contributed by atoms with E-state index in [2.05, 4.69) is 10.3 Å². The van der Waals surface area contributed by atoms with E-state index in [0.29, 0.717) is 11.3 Å². The van der Waals surface area contributed by atoms with Gasteiger partial charge in [-0.2, -0.15) is 0 Å². The Bertz CT molecular complexity index is 857. The highest BCUT2D eigenvalue weighted by Crippen LogP contribution is 2.16. The Kier molecular flexibility index (Phi) is 3.53. The molecule has 1 heterocycles. The molecule has 0 saturated heterocycles. The first-order valence-corrected chi connectivity index (χ1v) is 6.63. The van der Waals surface area contributed by atoms with Crippen LogP contribution in [-0.4, -0.2) is 22.0 Å². The first-order chi connectivity index (χ1) is 10.6. The van der Waals surface area contributed by atoms with Crippen LogP contribution in [-0.2, 0) is 0 Å². The molecule has 0 aliphatic rings. The van der Waals surface area contributed by atoms with E-state index >= 15 is 0 Å². The third-order valence-corrected chi connectivity index (χ3v) is 3.25. The molecule has 22 heavy (non-hydrogen) atoms. The zero-order valence-electron chi connectivity index (χ0n) is 11.5. The summed E-state index contributed by atoms with van der Waals surface area (Å²) in [5.74, 6) is -1.26. The smallest absolute Gasteiger partial charge is 0.335 e. The van der Waals surface area contributed by atoms with Crippen LogP contribution in [0.3, 0.4) is 0 Å². The Morgan fingerprint density at radius 2 is 1.68 bits per heavy atom. The number of carboxylic acids is 1. The van der Waals surface area contributed by atoms with Crippen LogP contribution in [0.4, 0.5) is 5.69 Å². The fourth-order valence-electron chi connectivity index (χ4n) is 2.12. The topological polar surface area (TPSA) is 79.3 Å². The molecule has 0 fully saturated rings. The maximum Gasteiger partial charge on any atom is 0.335 e. The monoisotopic (exact) mass is 292 g/mol. The van der Waals surface area contributed by atoms with E-state index in [9.17, 15) is 9.59 Å². The van der Waals surface area contributed by atoms with Crippen molar-refractivity contribution < 1.29 is 14.7 Å². The van der Waals surface area contributed by atoms with Crippen LogP contribution in [0.15, 0.2) is 60.8 Å². The number of amides is 1. The average Bonchev–Trinajstić information content (AvgIpc) is 2.55. The molecule has 3 rings (SSSR count). The van der Waals surface area contributed by atoms with Gasteiger partial charge >= 0.3 is 5.97 Å². The molecule has 5 nitrogen and oxygen atoms in total. The second kappa shape index (κ2) is 5.65. The molecule has 0 saturated carbocycles. The molecule has 108 valence electrons. The second-order valence-corrected chi connectivity index (χ2v) is 4.75. The number of benzene rings is 2. The van der Waals surface area contributed by atoms with E-state index in [1.165, 1.54) is 12.1 Å². The summed E-state index contributed by atoms with van der Waals surface area (Å²) in [6.45, 7) is 0. The van der Waals surface area contributed by atoms with Crippen molar-refractivity contribution >= 4 is 28.5 Å². The molecular weight excluding hydrogens is 280 g/mol. The number of carbonyl (C=O) groups is 2. The van der Waals surface area contributed by atoms with Crippen LogP contribution in [0.1, 0.15) is 20.7 Å². The summed E-state index contributed by atoms with van der Waals surface area (Å²) in [5.41, 5.74) is 2.06. The summed E-state index contributed by atoms with van der Waals surface area (Å²) < 4.78 is 0. The minimum atomic E-state index is -1.00. The molecule has 3 aromatic rings. The van der Waals surface area contributed by atoms with E-state index < -0.39 is 5.97 Å². The van der Waals surface area contributed by atoms with Gasteiger partial charge in [0.1, 0.15) is 0 Å². The normalized spacial score (nSPS) is 10.4. The zero-order valence-corrected chi connectivity index (χ0v) is 11.5. The number of carbonyl (C=O) groups excluding carboxylic acids is 1. The lowest BCUT2D eigenvalue weighted by atomic mass is 10.1. The van der Waals surface area contributed by atoms with Crippen molar-refractivity contribution in [2.24, 2.45) is 0 Å². The molecule has 0 spiro atoms. The van der Waals surface area contributed by atoms with Crippen molar-refractivity contribution in [1.82, 2.24) is 4.98 Å². The maximum absolute atomic E-state index is 12.2. The fraction of sp³-hybridized carbons (Fsp3) is 0. The Labute approximate surface area is 126 Å². The van der Waals surface area contributed by atoms with Gasteiger partial charge in [0.2, 0.25) is 0 Å². The molecule has 0 bridgehead atoms. The summed E-state index contributed by atoms with van der Waals surface area (Å²) in [7, 11) is 0. The lowest BCUT2D eigenvalue weighted by Gasteiger charge is -2.06. The van der Waals surface area contributed by atoms with Crippen LogP contribution >= 0.6 is 0 Å². The third kappa shape index (κ3) is 2.78. The number of hydrogen-bond donors (Lipinski definition) is 2. The van der Waals surface area contributed by atoms with Crippen molar-refractivity contribution in [1.29, 1.82) is 0 Å². The van der Waals surface area contributed by atoms with Crippen LogP contribution in [0.2, 0.25) is 0 Å². The number of hydrogen-bond acceptors (Lipinski definition) is 3. The molecule has 1 aromatic heterocycles. The summed E-state index contributed by atoms with van der Waals surface area (Å²) >= 11 is 0. The quantitative estimate of drug-likeness (QED) is 0.777. The molecule has 5 heteroatoms. The number of nitrogens with zero attached hydrogens (tertiary/aromatic N) is 1. The standard InChI is InChI=1S/C17H12N2O3/c20-16(19-14-6-3-11(4-7-14)17(21)22)13-5-8-15-12(10-13)2-1-9-18-15/h1-10H,(H,19,20)(H,21,22). The predicted molar refractivity (Wildman–Crippen MR) is 83.1 cm³/mol. The maximum atomic E-state index is 12.2. The summed E-state index contributed by atoms with van der Waals surface area (Å²) in [6.07, 6.45) is 1.70. The number of nitrogens with one attached hydrogen (secondary N) is 1. The van der Waals surface area contributed by atoms with Crippen molar-refractivity contribution in [2.75, 3.05) is 5.32 Å². The molecule has 0 unspecified atom stereocenters. The molecule has 0 aliphatic carbocycles. The molecular formula is C17H12N2O3. The van der Waals surface area contributed by atoms with Crippen molar-refractivity contribution in [3.63, 3.8) is 0 Å². The summed E-state index contributed by atoms with van der Waals surface area (Å²) in [6, 6.07) is 15.0. The van der Waals surface area contributed by atoms with Gasteiger partial charge in [-0.3, -0.25) is 9.78 Å². The van der Waals surface area contributed by atoms with Gasteiger partial charge in [0, 0.05) is 22.8 Å². The first-order valence-electron chi connectivity index (χ1n) is 6.63. The molecule has 0 aliphatic heterocycles. The van der Waals surface area contributed by atoms with Gasteiger partial charge in [0.25, 0.3) is 5.91 Å². The molecule has 2 N–H and O–H groups in total. The van der Waals surface area contributed by atoms with E-state index in [0.717, 1.165) is 10.9 Å². The van der Waals surface area contributed by atoms with E-state index in [4.69, 9.17) is 5.11 Å². The number of pyridine rings is 1. The first kappa shape index (κ1) is 13.8. The van der Waals surface area contributed by atoms with Crippen LogP contribution in [0.5, 0.6) is 0 Å². The van der Waals surface area contributed by atoms with Crippen molar-refractivity contribution in [3.8, 4) is 0 Å². The molecule has 1 amide bonds. The van der Waals surface area contributed by atoms with Gasteiger partial charge in [0.05, 0.1) is 11.1 Å². The average molecular weight is 292 g/mol. The van der Waals surface area contributed by atoms with Crippen LogP contribution in [0, 0.1) is 0 Å². The summed E-state index contributed by atoms with van der Waals surface area (Å²) in [5, 5.41) is 12.5. The minimum Gasteiger partial charge on any atom is -0.478 e. The number of carboxylic acid groups (broad SMARTS) is 1.